The smallest absolute Gasteiger partial charge is 0.407 e. The first-order chi connectivity index (χ1) is 10.8. The van der Waals surface area contributed by atoms with Crippen molar-refractivity contribution < 1.29 is 19.1 Å². The van der Waals surface area contributed by atoms with Crippen molar-refractivity contribution in [2.24, 2.45) is 0 Å². The van der Waals surface area contributed by atoms with E-state index in [1.54, 1.807) is 20.8 Å². The molecule has 1 rings (SSSR count). The van der Waals surface area contributed by atoms with Crippen molar-refractivity contribution >= 4 is 12.1 Å². The highest BCUT2D eigenvalue weighted by atomic mass is 16.6. The van der Waals surface area contributed by atoms with Crippen molar-refractivity contribution in [3.8, 4) is 0 Å². The van der Waals surface area contributed by atoms with E-state index in [1.807, 2.05) is 30.3 Å². The highest BCUT2D eigenvalue weighted by molar-refractivity contribution is 5.76. The van der Waals surface area contributed by atoms with Gasteiger partial charge in [0.2, 0.25) is 0 Å². The summed E-state index contributed by atoms with van der Waals surface area (Å²) in [4.78, 5) is 23.4. The molecule has 0 fully saturated rings. The minimum Gasteiger partial charge on any atom is -0.468 e. The highest BCUT2D eigenvalue weighted by Crippen LogP contribution is 2.06. The second kappa shape index (κ2) is 9.15. The zero-order chi connectivity index (χ0) is 17.3. The molecule has 0 saturated heterocycles. The van der Waals surface area contributed by atoms with Crippen LogP contribution in [0.2, 0.25) is 0 Å². The lowest BCUT2D eigenvalue weighted by Gasteiger charge is -2.20. The van der Waals surface area contributed by atoms with Gasteiger partial charge in [-0.05, 0) is 32.8 Å². The van der Waals surface area contributed by atoms with E-state index < -0.39 is 17.7 Å². The van der Waals surface area contributed by atoms with E-state index in [4.69, 9.17) is 9.47 Å². The van der Waals surface area contributed by atoms with Crippen LogP contribution >= 0.6 is 0 Å². The molecule has 0 spiro atoms. The van der Waals surface area contributed by atoms with E-state index >= 15 is 0 Å². The van der Waals surface area contributed by atoms with E-state index in [9.17, 15) is 9.59 Å². The summed E-state index contributed by atoms with van der Waals surface area (Å²) < 4.78 is 9.95. The number of methoxy groups -OCH3 is 1. The molecular formula is C17H26N2O4. The molecule has 1 atom stereocenters. The van der Waals surface area contributed by atoms with Crippen molar-refractivity contribution in [1.29, 1.82) is 0 Å². The Hall–Kier alpha value is -2.08. The Balaban J connectivity index is 2.40. The number of nitrogens with one attached hydrogen (secondary N) is 2. The van der Waals surface area contributed by atoms with Crippen LogP contribution < -0.4 is 10.6 Å². The Morgan fingerprint density at radius 2 is 1.78 bits per heavy atom. The largest absolute Gasteiger partial charge is 0.468 e. The summed E-state index contributed by atoms with van der Waals surface area (Å²) in [6.45, 7) is 6.21. The molecule has 1 amide bonds. The Bertz CT molecular complexity index is 497. The van der Waals surface area contributed by atoms with Crippen LogP contribution in [0.4, 0.5) is 4.79 Å². The van der Waals surface area contributed by atoms with Gasteiger partial charge in [-0.2, -0.15) is 0 Å². The molecule has 0 unspecified atom stereocenters. The molecule has 0 saturated carbocycles. The molecule has 1 aromatic carbocycles. The van der Waals surface area contributed by atoms with Gasteiger partial charge in [0.05, 0.1) is 7.11 Å². The molecule has 2 N–H and O–H groups in total. The van der Waals surface area contributed by atoms with E-state index in [0.717, 1.165) is 5.56 Å². The van der Waals surface area contributed by atoms with Gasteiger partial charge in [-0.3, -0.25) is 4.79 Å². The van der Waals surface area contributed by atoms with Gasteiger partial charge in [0.15, 0.2) is 0 Å². The number of hydrogen-bond donors (Lipinski definition) is 2. The van der Waals surface area contributed by atoms with Crippen LogP contribution in [0.1, 0.15) is 26.3 Å². The molecule has 6 heteroatoms. The lowest BCUT2D eigenvalue weighted by Crippen LogP contribution is -2.44. The first kappa shape index (κ1) is 19.0. The van der Waals surface area contributed by atoms with Crippen molar-refractivity contribution in [2.75, 3.05) is 20.2 Å². The van der Waals surface area contributed by atoms with Crippen LogP contribution in [-0.4, -0.2) is 43.9 Å². The number of carbonyl (C=O) groups is 2. The maximum absolute atomic E-state index is 11.8. The molecule has 0 aliphatic rings. The third-order valence-corrected chi connectivity index (χ3v) is 2.95. The number of hydrogen-bond acceptors (Lipinski definition) is 5. The van der Waals surface area contributed by atoms with Crippen molar-refractivity contribution in [3.05, 3.63) is 35.9 Å². The summed E-state index contributed by atoms with van der Waals surface area (Å²) in [5.41, 5.74) is 0.509. The van der Waals surface area contributed by atoms with Gasteiger partial charge in [-0.15, -0.1) is 0 Å². The molecule has 0 aromatic heterocycles. The van der Waals surface area contributed by atoms with Crippen LogP contribution in [0.3, 0.4) is 0 Å². The van der Waals surface area contributed by atoms with Gasteiger partial charge in [0, 0.05) is 13.1 Å². The van der Waals surface area contributed by atoms with Crippen molar-refractivity contribution in [1.82, 2.24) is 10.6 Å². The Kier molecular flexibility index (Phi) is 7.54. The summed E-state index contributed by atoms with van der Waals surface area (Å²) in [5, 5.41) is 5.73. The molecule has 0 aliphatic heterocycles. The fraction of sp³-hybridized carbons (Fsp3) is 0.529. The van der Waals surface area contributed by atoms with Gasteiger partial charge in [-0.25, -0.2) is 4.79 Å². The minimum atomic E-state index is -0.528. The van der Waals surface area contributed by atoms with Crippen molar-refractivity contribution in [2.45, 2.75) is 38.8 Å². The molecule has 23 heavy (non-hydrogen) atoms. The predicted octanol–water partition coefficient (Wildman–Crippen LogP) is 1.88. The van der Waals surface area contributed by atoms with Crippen LogP contribution in [0, 0.1) is 0 Å². The monoisotopic (exact) mass is 322 g/mol. The summed E-state index contributed by atoms with van der Waals surface area (Å²) in [7, 11) is 1.36. The van der Waals surface area contributed by atoms with Gasteiger partial charge in [0.25, 0.3) is 0 Å². The Morgan fingerprint density at radius 1 is 1.13 bits per heavy atom. The van der Waals surface area contributed by atoms with E-state index in [2.05, 4.69) is 10.6 Å². The van der Waals surface area contributed by atoms with E-state index in [0.29, 0.717) is 19.5 Å². The maximum atomic E-state index is 11.8. The topological polar surface area (TPSA) is 76.7 Å². The minimum absolute atomic E-state index is 0.328. The molecule has 1 aromatic rings. The van der Waals surface area contributed by atoms with E-state index in [-0.39, 0.29) is 5.97 Å². The zero-order valence-electron chi connectivity index (χ0n) is 14.2. The fourth-order valence-electron chi connectivity index (χ4n) is 1.96. The van der Waals surface area contributed by atoms with Gasteiger partial charge in [0.1, 0.15) is 11.6 Å². The maximum Gasteiger partial charge on any atom is 0.407 e. The van der Waals surface area contributed by atoms with E-state index in [1.165, 1.54) is 7.11 Å². The lowest BCUT2D eigenvalue weighted by molar-refractivity contribution is -0.143. The highest BCUT2D eigenvalue weighted by Gasteiger charge is 2.19. The summed E-state index contributed by atoms with van der Waals surface area (Å²) in [5.74, 6) is -0.328. The SMILES string of the molecule is COC(=O)[C@H](Cc1ccccc1)NCCNC(=O)OC(C)(C)C. The quantitative estimate of drug-likeness (QED) is 0.592. The Morgan fingerprint density at radius 3 is 2.35 bits per heavy atom. The first-order valence-corrected chi connectivity index (χ1v) is 7.64. The number of rotatable bonds is 7. The second-order valence-electron chi connectivity index (χ2n) is 6.15. The number of carbonyl (C=O) groups excluding carboxylic acids is 2. The summed E-state index contributed by atoms with van der Waals surface area (Å²) >= 11 is 0. The molecular weight excluding hydrogens is 296 g/mol. The molecule has 6 nitrogen and oxygen atoms in total. The summed E-state index contributed by atoms with van der Waals surface area (Å²) in [6, 6.07) is 9.23. The van der Waals surface area contributed by atoms with Crippen LogP contribution in [0.25, 0.3) is 0 Å². The molecule has 0 bridgehead atoms. The van der Waals surface area contributed by atoms with Gasteiger partial charge in [-0.1, -0.05) is 30.3 Å². The summed E-state index contributed by atoms with van der Waals surface area (Å²) in [6.07, 6.45) is 0.0527. The number of esters is 1. The molecule has 0 aliphatic carbocycles. The predicted molar refractivity (Wildman–Crippen MR) is 88.2 cm³/mol. The number of alkyl carbamates (subject to hydrolysis) is 1. The second-order valence-corrected chi connectivity index (χ2v) is 6.15. The molecule has 0 radical (unpaired) electrons. The van der Waals surface area contributed by atoms with Crippen molar-refractivity contribution in [3.63, 3.8) is 0 Å². The van der Waals surface area contributed by atoms with Crippen LogP contribution in [0.5, 0.6) is 0 Å². The fourth-order valence-corrected chi connectivity index (χ4v) is 1.96. The third kappa shape index (κ3) is 8.21. The first-order valence-electron chi connectivity index (χ1n) is 7.64. The lowest BCUT2D eigenvalue weighted by atomic mass is 10.1. The van der Waals surface area contributed by atoms with Gasteiger partial charge < -0.3 is 20.1 Å². The standard InChI is InChI=1S/C17H26N2O4/c1-17(2,3)23-16(21)19-11-10-18-14(15(20)22-4)12-13-8-6-5-7-9-13/h5-9,14,18H,10-12H2,1-4H3,(H,19,21)/t14-/m0/s1. The average molecular weight is 322 g/mol. The van der Waals surface area contributed by atoms with Gasteiger partial charge >= 0.3 is 12.1 Å². The number of amides is 1. The third-order valence-electron chi connectivity index (χ3n) is 2.95. The number of ether oxygens (including phenoxy) is 2. The molecule has 128 valence electrons. The normalized spacial score (nSPS) is 12.3. The molecule has 0 heterocycles. The average Bonchev–Trinajstić information content (AvgIpc) is 2.48. The van der Waals surface area contributed by atoms with Crippen LogP contribution in [0.15, 0.2) is 30.3 Å². The Labute approximate surface area is 137 Å². The number of benzene rings is 1. The van der Waals surface area contributed by atoms with Crippen LogP contribution in [-0.2, 0) is 20.7 Å². The zero-order valence-corrected chi connectivity index (χ0v) is 14.2.